The van der Waals surface area contributed by atoms with Crippen LogP contribution in [0.2, 0.25) is 0 Å². The SMILES string of the molecule is C=C(Br)OCCCC. The molecule has 0 fully saturated rings. The van der Waals surface area contributed by atoms with E-state index in [0.29, 0.717) is 4.67 Å². The highest BCUT2D eigenvalue weighted by Gasteiger charge is 1.84. The first-order valence-electron chi connectivity index (χ1n) is 2.74. The van der Waals surface area contributed by atoms with Crippen LogP contribution in [0.5, 0.6) is 0 Å². The lowest BCUT2D eigenvalue weighted by atomic mass is 10.4. The van der Waals surface area contributed by atoms with Crippen LogP contribution in [0.3, 0.4) is 0 Å². The molecule has 0 N–H and O–H groups in total. The van der Waals surface area contributed by atoms with Gasteiger partial charge in [0.2, 0.25) is 0 Å². The normalized spacial score (nSPS) is 8.75. The quantitative estimate of drug-likeness (QED) is 0.476. The molecule has 0 aliphatic carbocycles. The van der Waals surface area contributed by atoms with Crippen LogP contribution in [0.1, 0.15) is 19.8 Å². The van der Waals surface area contributed by atoms with Crippen LogP contribution >= 0.6 is 15.9 Å². The molecule has 0 saturated carbocycles. The van der Waals surface area contributed by atoms with E-state index in [2.05, 4.69) is 29.4 Å². The number of ether oxygens (including phenoxy) is 1. The Hall–Kier alpha value is 0.0200. The smallest absolute Gasteiger partial charge is 0.154 e. The lowest BCUT2D eigenvalue weighted by molar-refractivity contribution is 0.237. The van der Waals surface area contributed by atoms with Gasteiger partial charge in [-0.25, -0.2) is 0 Å². The molecule has 0 rings (SSSR count). The fourth-order valence-electron chi connectivity index (χ4n) is 0.327. The minimum absolute atomic E-state index is 0.631. The first kappa shape index (κ1) is 8.02. The van der Waals surface area contributed by atoms with Crippen molar-refractivity contribution in [2.45, 2.75) is 19.8 Å². The Balaban J connectivity index is 2.82. The zero-order valence-electron chi connectivity index (χ0n) is 5.11. The van der Waals surface area contributed by atoms with Gasteiger partial charge >= 0.3 is 0 Å². The van der Waals surface area contributed by atoms with Gasteiger partial charge in [-0.15, -0.1) is 0 Å². The number of halogens is 1. The molecule has 0 bridgehead atoms. The summed E-state index contributed by atoms with van der Waals surface area (Å²) in [5.41, 5.74) is 0. The minimum Gasteiger partial charge on any atom is -0.487 e. The zero-order valence-corrected chi connectivity index (χ0v) is 6.70. The molecule has 8 heavy (non-hydrogen) atoms. The van der Waals surface area contributed by atoms with Crippen molar-refractivity contribution in [2.75, 3.05) is 6.61 Å². The second-order valence-corrected chi connectivity index (χ2v) is 2.44. The average molecular weight is 179 g/mol. The fraction of sp³-hybridized carbons (Fsp3) is 0.667. The van der Waals surface area contributed by atoms with Crippen molar-refractivity contribution in [3.63, 3.8) is 0 Å². The molecule has 48 valence electrons. The summed E-state index contributed by atoms with van der Waals surface area (Å²) in [5, 5.41) is 0. The maximum absolute atomic E-state index is 5.00. The molecule has 1 nitrogen and oxygen atoms in total. The Bertz CT molecular complexity index is 70.9. The molecule has 0 aromatic carbocycles. The fourth-order valence-corrected chi connectivity index (χ4v) is 0.489. The van der Waals surface area contributed by atoms with Gasteiger partial charge in [-0.1, -0.05) is 13.3 Å². The highest BCUT2D eigenvalue weighted by atomic mass is 79.9. The summed E-state index contributed by atoms with van der Waals surface area (Å²) in [4.78, 5) is 0. The van der Waals surface area contributed by atoms with Crippen molar-refractivity contribution in [1.29, 1.82) is 0 Å². The van der Waals surface area contributed by atoms with Gasteiger partial charge < -0.3 is 4.74 Å². The Morgan fingerprint density at radius 3 is 2.75 bits per heavy atom. The van der Waals surface area contributed by atoms with Gasteiger partial charge in [0, 0.05) is 0 Å². The number of rotatable bonds is 4. The molecule has 2 heteroatoms. The molecule has 0 aliphatic rings. The van der Waals surface area contributed by atoms with Crippen LogP contribution in [0.4, 0.5) is 0 Å². The summed E-state index contributed by atoms with van der Waals surface area (Å²) in [6, 6.07) is 0. The third-order valence-electron chi connectivity index (χ3n) is 0.757. The van der Waals surface area contributed by atoms with E-state index in [1.807, 2.05) is 0 Å². The van der Waals surface area contributed by atoms with Crippen LogP contribution in [-0.4, -0.2) is 6.61 Å². The molecule has 0 radical (unpaired) electrons. The van der Waals surface area contributed by atoms with Crippen molar-refractivity contribution < 1.29 is 4.74 Å². The van der Waals surface area contributed by atoms with E-state index in [-0.39, 0.29) is 0 Å². The van der Waals surface area contributed by atoms with E-state index in [1.54, 1.807) is 0 Å². The number of hydrogen-bond donors (Lipinski definition) is 0. The molecule has 0 atom stereocenters. The summed E-state index contributed by atoms with van der Waals surface area (Å²) in [6.45, 7) is 6.43. The van der Waals surface area contributed by atoms with Gasteiger partial charge in [0.05, 0.1) is 6.61 Å². The molecule has 0 aromatic heterocycles. The maximum Gasteiger partial charge on any atom is 0.154 e. The highest BCUT2D eigenvalue weighted by molar-refractivity contribution is 9.11. The largest absolute Gasteiger partial charge is 0.487 e. The molecular weight excluding hydrogens is 168 g/mol. The lowest BCUT2D eigenvalue weighted by Gasteiger charge is -1.99. The van der Waals surface area contributed by atoms with Crippen LogP contribution in [0.25, 0.3) is 0 Å². The van der Waals surface area contributed by atoms with E-state index in [1.165, 1.54) is 6.42 Å². The molecule has 0 aliphatic heterocycles. The van der Waals surface area contributed by atoms with Crippen LogP contribution < -0.4 is 0 Å². The van der Waals surface area contributed by atoms with Crippen molar-refractivity contribution in [1.82, 2.24) is 0 Å². The van der Waals surface area contributed by atoms with Gasteiger partial charge in [0.1, 0.15) is 0 Å². The summed E-state index contributed by atoms with van der Waals surface area (Å²) >= 11 is 3.09. The van der Waals surface area contributed by atoms with Gasteiger partial charge in [0.15, 0.2) is 4.67 Å². The summed E-state index contributed by atoms with van der Waals surface area (Å²) in [7, 11) is 0. The van der Waals surface area contributed by atoms with Gasteiger partial charge in [-0.05, 0) is 28.9 Å². The van der Waals surface area contributed by atoms with Crippen molar-refractivity contribution in [2.24, 2.45) is 0 Å². The van der Waals surface area contributed by atoms with Gasteiger partial charge in [0.25, 0.3) is 0 Å². The van der Waals surface area contributed by atoms with Crippen LogP contribution in [0.15, 0.2) is 11.2 Å². The molecule has 0 aromatic rings. The average Bonchev–Trinajstić information content (AvgIpc) is 1.66. The molecule has 0 heterocycles. The molecular formula is C6H11BrO. The van der Waals surface area contributed by atoms with Crippen molar-refractivity contribution in [3.8, 4) is 0 Å². The Kier molecular flexibility index (Phi) is 5.18. The van der Waals surface area contributed by atoms with E-state index < -0.39 is 0 Å². The summed E-state index contributed by atoms with van der Waals surface area (Å²) < 4.78 is 5.63. The molecule has 0 unspecified atom stereocenters. The monoisotopic (exact) mass is 178 g/mol. The minimum atomic E-state index is 0.631. The van der Waals surface area contributed by atoms with E-state index in [9.17, 15) is 0 Å². The molecule has 0 amide bonds. The Labute approximate surface area is 58.9 Å². The van der Waals surface area contributed by atoms with E-state index in [4.69, 9.17) is 4.74 Å². The Morgan fingerprint density at radius 2 is 2.38 bits per heavy atom. The van der Waals surface area contributed by atoms with Gasteiger partial charge in [-0.3, -0.25) is 0 Å². The van der Waals surface area contributed by atoms with E-state index in [0.717, 1.165) is 13.0 Å². The Morgan fingerprint density at radius 1 is 1.75 bits per heavy atom. The third-order valence-corrected chi connectivity index (χ3v) is 0.985. The first-order valence-corrected chi connectivity index (χ1v) is 3.54. The topological polar surface area (TPSA) is 9.23 Å². The summed E-state index contributed by atoms with van der Waals surface area (Å²) in [5.74, 6) is 0. The number of hydrogen-bond acceptors (Lipinski definition) is 1. The predicted octanol–water partition coefficient (Wildman–Crippen LogP) is 2.67. The standard InChI is InChI=1S/C6H11BrO/c1-3-4-5-8-6(2)7/h2-5H2,1H3. The predicted molar refractivity (Wildman–Crippen MR) is 38.9 cm³/mol. The lowest BCUT2D eigenvalue weighted by Crippen LogP contribution is -1.87. The van der Waals surface area contributed by atoms with Crippen LogP contribution in [-0.2, 0) is 4.74 Å². The van der Waals surface area contributed by atoms with Gasteiger partial charge in [-0.2, -0.15) is 0 Å². The second-order valence-electron chi connectivity index (χ2n) is 1.56. The first-order chi connectivity index (χ1) is 3.77. The van der Waals surface area contributed by atoms with Crippen molar-refractivity contribution in [3.05, 3.63) is 11.2 Å². The molecule has 0 saturated heterocycles. The molecule has 0 spiro atoms. The maximum atomic E-state index is 5.00. The second kappa shape index (κ2) is 5.16. The van der Waals surface area contributed by atoms with Crippen molar-refractivity contribution >= 4 is 15.9 Å². The highest BCUT2D eigenvalue weighted by Crippen LogP contribution is 2.02. The number of unbranched alkanes of at least 4 members (excludes halogenated alkanes) is 1. The van der Waals surface area contributed by atoms with Crippen LogP contribution in [0, 0.1) is 0 Å². The zero-order chi connectivity index (χ0) is 6.41. The summed E-state index contributed by atoms with van der Waals surface area (Å²) in [6.07, 6.45) is 2.27. The third kappa shape index (κ3) is 6.02. The van der Waals surface area contributed by atoms with E-state index >= 15 is 0 Å².